The second-order valence-electron chi connectivity index (χ2n) is 16.4. The fraction of sp³-hybridized carbons (Fsp3) is 0.0727. The number of aromatic nitrogens is 3. The molecule has 0 unspecified atom stereocenters. The smallest absolute Gasteiger partial charge is 0.363 e. The molecule has 346 valence electrons. The van der Waals surface area contributed by atoms with Gasteiger partial charge in [-0.1, -0.05) is 109 Å². The summed E-state index contributed by atoms with van der Waals surface area (Å²) in [6.07, 6.45) is -0.193. The van der Waals surface area contributed by atoms with E-state index in [1.54, 1.807) is 30.3 Å². The number of hydrogen-bond donors (Lipinski definition) is 0. The molecule has 0 N–H and O–H groups in total. The molecule has 71 heavy (non-hydrogen) atoms. The van der Waals surface area contributed by atoms with E-state index in [4.69, 9.17) is 34.1 Å². The van der Waals surface area contributed by atoms with E-state index in [0.717, 1.165) is 33.6 Å². The maximum absolute atomic E-state index is 13.0. The van der Waals surface area contributed by atoms with Crippen molar-refractivity contribution in [1.82, 2.24) is 25.1 Å². The maximum atomic E-state index is 13.0. The fourth-order valence-electron chi connectivity index (χ4n) is 8.27. The molecule has 16 nitrogen and oxygen atoms in total. The number of ether oxygens (including phenoxy) is 2. The Labute approximate surface area is 404 Å². The van der Waals surface area contributed by atoms with Crippen LogP contribution in [-0.2, 0) is 28.9 Å². The summed E-state index contributed by atoms with van der Waals surface area (Å²) in [7, 11) is 0. The number of carbonyl (C=O) groups excluding carboxylic acids is 6. The van der Waals surface area contributed by atoms with Gasteiger partial charge in [0.2, 0.25) is 0 Å². The minimum Gasteiger partial charge on any atom is -0.453 e. The summed E-state index contributed by atoms with van der Waals surface area (Å²) in [6, 6.07) is 51.5. The molecule has 3 aliphatic rings. The van der Waals surface area contributed by atoms with Crippen molar-refractivity contribution in [1.29, 1.82) is 0 Å². The molecule has 3 aliphatic heterocycles. The van der Waals surface area contributed by atoms with Crippen LogP contribution in [0, 0.1) is 0 Å². The lowest BCUT2D eigenvalue weighted by Crippen LogP contribution is -2.32. The standard InChI is InChI=1S/C55H36N6O10/c62-47-27-28-48(63)60(47)70-53(66)37-19-15-35(16-20-37)51-56-52(36-17-21-38(22-18-36)54(67)71-61-49(64)29-30-50(61)65)58-55(57-51)69-44-14-8-7-13-41(44)59-42-25-23-39(33-9-3-1-4-10-33)31-45(42)68-46-32-40(24-26-43(46)59)34-11-5-2-6-12-34/h1-26,31-32H,27-30H2. The van der Waals surface area contributed by atoms with Crippen LogP contribution in [0.2, 0.25) is 0 Å². The zero-order valence-corrected chi connectivity index (χ0v) is 37.3. The minimum atomic E-state index is -0.909. The first-order chi connectivity index (χ1) is 34.6. The third kappa shape index (κ3) is 8.68. The van der Waals surface area contributed by atoms with E-state index >= 15 is 0 Å². The summed E-state index contributed by atoms with van der Waals surface area (Å²) in [5.74, 6) is -2.40. The van der Waals surface area contributed by atoms with Gasteiger partial charge in [0.15, 0.2) is 28.9 Å². The molecular formula is C55H36N6O10. The Morgan fingerprint density at radius 1 is 0.423 bits per heavy atom. The number of rotatable bonds is 11. The number of para-hydroxylation sites is 2. The second-order valence-corrected chi connectivity index (χ2v) is 16.4. The van der Waals surface area contributed by atoms with E-state index in [1.807, 2.05) is 115 Å². The van der Waals surface area contributed by atoms with Gasteiger partial charge >= 0.3 is 17.9 Å². The third-order valence-corrected chi connectivity index (χ3v) is 11.9. The van der Waals surface area contributed by atoms with Crippen molar-refractivity contribution in [3.8, 4) is 68.3 Å². The summed E-state index contributed by atoms with van der Waals surface area (Å²) >= 11 is 0. The summed E-state index contributed by atoms with van der Waals surface area (Å²) < 4.78 is 13.4. The Balaban J connectivity index is 0.971. The number of benzene rings is 7. The topological polar surface area (TPSA) is 188 Å². The zero-order valence-electron chi connectivity index (χ0n) is 37.3. The first-order valence-corrected chi connectivity index (χ1v) is 22.4. The Bertz CT molecular complexity index is 3230. The highest BCUT2D eigenvalue weighted by molar-refractivity contribution is 6.04. The van der Waals surface area contributed by atoms with E-state index in [0.29, 0.717) is 44.2 Å². The highest BCUT2D eigenvalue weighted by Gasteiger charge is 2.35. The molecule has 0 radical (unpaired) electrons. The van der Waals surface area contributed by atoms with Gasteiger partial charge < -0.3 is 19.1 Å². The molecule has 0 saturated carbocycles. The molecule has 0 spiro atoms. The monoisotopic (exact) mass is 940 g/mol. The lowest BCUT2D eigenvalue weighted by molar-refractivity contribution is -0.173. The minimum absolute atomic E-state index is 0.0483. The Kier molecular flexibility index (Phi) is 11.3. The Hall–Kier alpha value is -9.83. The van der Waals surface area contributed by atoms with E-state index in [2.05, 4.69) is 4.90 Å². The molecule has 0 aliphatic carbocycles. The molecule has 1 aromatic heterocycles. The summed E-state index contributed by atoms with van der Waals surface area (Å²) in [5.41, 5.74) is 7.04. The predicted molar refractivity (Wildman–Crippen MR) is 256 cm³/mol. The van der Waals surface area contributed by atoms with E-state index in [-0.39, 0.29) is 54.5 Å². The van der Waals surface area contributed by atoms with Crippen LogP contribution in [0.15, 0.2) is 170 Å². The SMILES string of the molecule is O=C(ON1C(=O)CCC1=O)c1ccc(-c2nc(Oc3ccccc3N3c4ccc(-c5ccccc5)cc4Oc4cc(-c5ccccc5)ccc43)nc(-c3ccc(C(=O)ON4C(=O)CCC4=O)cc3)n2)cc1. The number of hydrogen-bond acceptors (Lipinski definition) is 14. The van der Waals surface area contributed by atoms with Crippen LogP contribution in [0.4, 0.5) is 17.1 Å². The molecule has 0 bridgehead atoms. The van der Waals surface area contributed by atoms with Crippen molar-refractivity contribution >= 4 is 52.6 Å². The molecule has 8 aromatic rings. The van der Waals surface area contributed by atoms with Crippen LogP contribution < -0.4 is 14.4 Å². The molecule has 0 atom stereocenters. The second kappa shape index (κ2) is 18.3. The van der Waals surface area contributed by atoms with E-state index in [1.165, 1.54) is 24.3 Å². The van der Waals surface area contributed by atoms with Crippen molar-refractivity contribution < 1.29 is 47.9 Å². The average Bonchev–Trinajstić information content (AvgIpc) is 3.91. The molecule has 7 aromatic carbocycles. The Morgan fingerprint density at radius 3 is 1.28 bits per heavy atom. The van der Waals surface area contributed by atoms with Gasteiger partial charge in [0.25, 0.3) is 23.6 Å². The fourth-order valence-corrected chi connectivity index (χ4v) is 8.27. The first kappa shape index (κ1) is 43.7. The molecule has 2 saturated heterocycles. The number of carbonyl (C=O) groups is 6. The zero-order chi connectivity index (χ0) is 48.6. The van der Waals surface area contributed by atoms with Crippen molar-refractivity contribution in [2.24, 2.45) is 0 Å². The van der Waals surface area contributed by atoms with Crippen LogP contribution in [0.1, 0.15) is 46.4 Å². The van der Waals surface area contributed by atoms with Gasteiger partial charge in [-0.2, -0.15) is 9.97 Å². The van der Waals surface area contributed by atoms with E-state index in [9.17, 15) is 28.8 Å². The van der Waals surface area contributed by atoms with Crippen LogP contribution in [0.3, 0.4) is 0 Å². The normalized spacial score (nSPS) is 13.9. The van der Waals surface area contributed by atoms with Crippen LogP contribution >= 0.6 is 0 Å². The number of nitrogens with zero attached hydrogens (tertiary/aromatic N) is 6. The van der Waals surface area contributed by atoms with Gasteiger partial charge in [0, 0.05) is 36.8 Å². The molecular weight excluding hydrogens is 905 g/mol. The number of imide groups is 2. The lowest BCUT2D eigenvalue weighted by atomic mass is 10.0. The predicted octanol–water partition coefficient (Wildman–Crippen LogP) is 10.3. The van der Waals surface area contributed by atoms with Gasteiger partial charge in [0.05, 0.1) is 28.2 Å². The van der Waals surface area contributed by atoms with Gasteiger partial charge in [0.1, 0.15) is 0 Å². The van der Waals surface area contributed by atoms with Crippen molar-refractivity contribution in [2.45, 2.75) is 25.7 Å². The van der Waals surface area contributed by atoms with Gasteiger partial charge in [-0.15, -0.1) is 10.1 Å². The van der Waals surface area contributed by atoms with Crippen LogP contribution in [-0.4, -0.2) is 60.6 Å². The lowest BCUT2D eigenvalue weighted by Gasteiger charge is -2.34. The average molecular weight is 941 g/mol. The largest absolute Gasteiger partial charge is 0.453 e. The number of amides is 4. The first-order valence-electron chi connectivity index (χ1n) is 22.4. The van der Waals surface area contributed by atoms with Gasteiger partial charge in [-0.3, -0.25) is 24.1 Å². The third-order valence-electron chi connectivity index (χ3n) is 11.9. The number of anilines is 3. The number of hydroxylamine groups is 4. The quantitative estimate of drug-likeness (QED) is 0.111. The molecule has 16 heteroatoms. The summed E-state index contributed by atoms with van der Waals surface area (Å²) in [5, 5.41) is 0.953. The Morgan fingerprint density at radius 2 is 0.831 bits per heavy atom. The molecule has 4 heterocycles. The summed E-state index contributed by atoms with van der Waals surface area (Å²) in [6.45, 7) is 0. The molecule has 4 amide bonds. The van der Waals surface area contributed by atoms with Gasteiger partial charge in [-0.25, -0.2) is 14.6 Å². The van der Waals surface area contributed by atoms with Crippen molar-refractivity contribution in [3.05, 3.63) is 181 Å². The van der Waals surface area contributed by atoms with Crippen molar-refractivity contribution in [2.75, 3.05) is 4.90 Å². The van der Waals surface area contributed by atoms with E-state index < -0.39 is 35.6 Å². The van der Waals surface area contributed by atoms with Crippen LogP contribution in [0.5, 0.6) is 23.3 Å². The van der Waals surface area contributed by atoms with Crippen molar-refractivity contribution in [3.63, 3.8) is 0 Å². The van der Waals surface area contributed by atoms with Crippen LogP contribution in [0.25, 0.3) is 45.0 Å². The summed E-state index contributed by atoms with van der Waals surface area (Å²) in [4.78, 5) is 101. The van der Waals surface area contributed by atoms with Gasteiger partial charge in [-0.05, 0) is 82.9 Å². The number of fused-ring (bicyclic) bond motifs is 2. The molecule has 2 fully saturated rings. The maximum Gasteiger partial charge on any atom is 0.363 e. The molecule has 11 rings (SSSR count). The highest BCUT2D eigenvalue weighted by atomic mass is 16.7. The highest BCUT2D eigenvalue weighted by Crippen LogP contribution is 2.54.